The summed E-state index contributed by atoms with van der Waals surface area (Å²) in [7, 11) is 6.88. The molecule has 0 bridgehead atoms. The van der Waals surface area contributed by atoms with Crippen molar-refractivity contribution in [2.45, 2.75) is 37.8 Å². The van der Waals surface area contributed by atoms with E-state index in [0.29, 0.717) is 11.5 Å². The molecule has 1 atom stereocenters. The van der Waals surface area contributed by atoms with Gasteiger partial charge in [-0.25, -0.2) is 0 Å². The second-order valence-electron chi connectivity index (χ2n) is 8.67. The number of nitrogens with zero attached hydrogens (tertiary/aromatic N) is 2. The van der Waals surface area contributed by atoms with Gasteiger partial charge in [-0.3, -0.25) is 9.59 Å². The summed E-state index contributed by atoms with van der Waals surface area (Å²) in [4.78, 5) is 30.3. The lowest BCUT2D eigenvalue weighted by atomic mass is 9.94. The molecule has 0 aromatic heterocycles. The average molecular weight is 451 g/mol. The number of carbonyl (C=O) groups excluding carboxylic acids is 2. The van der Waals surface area contributed by atoms with Crippen LogP contribution < -0.4 is 14.4 Å². The van der Waals surface area contributed by atoms with E-state index in [1.165, 1.54) is 14.2 Å². The van der Waals surface area contributed by atoms with E-state index in [4.69, 9.17) is 9.47 Å². The fourth-order valence-electron chi connectivity index (χ4n) is 4.91. The zero-order valence-electron chi connectivity index (χ0n) is 19.5. The zero-order chi connectivity index (χ0) is 23.7. The molecule has 0 radical (unpaired) electrons. The van der Waals surface area contributed by atoms with Crippen molar-refractivity contribution >= 4 is 23.1 Å². The molecule has 2 aromatic carbocycles. The number of aliphatic hydroxyl groups excluding tert-OH is 1. The Kier molecular flexibility index (Phi) is 6.31. The summed E-state index contributed by atoms with van der Waals surface area (Å²) in [5.74, 6) is -0.820. The number of rotatable bonds is 6. The van der Waals surface area contributed by atoms with Crippen LogP contribution in [0.3, 0.4) is 0 Å². The Hall–Kier alpha value is -3.48. The summed E-state index contributed by atoms with van der Waals surface area (Å²) in [6.45, 7) is 0. The van der Waals surface area contributed by atoms with Crippen LogP contribution in [-0.2, 0) is 9.59 Å². The number of Topliss-reactive ketones (excluding diaryl/α,β-unsaturated/α-hetero) is 1. The molecule has 7 nitrogen and oxygen atoms in total. The van der Waals surface area contributed by atoms with E-state index in [0.717, 1.165) is 36.9 Å². The lowest BCUT2D eigenvalue weighted by Gasteiger charge is -2.31. The second kappa shape index (κ2) is 9.17. The molecule has 2 aliphatic rings. The van der Waals surface area contributed by atoms with Crippen LogP contribution in [0, 0.1) is 0 Å². The molecule has 2 aromatic rings. The smallest absolute Gasteiger partial charge is 0.295 e. The first-order valence-electron chi connectivity index (χ1n) is 11.2. The van der Waals surface area contributed by atoms with Crippen LogP contribution in [0.4, 0.5) is 5.69 Å². The molecule has 1 heterocycles. The quantitative estimate of drug-likeness (QED) is 0.405. The number of amides is 1. The van der Waals surface area contributed by atoms with Crippen LogP contribution in [0.2, 0.25) is 0 Å². The summed E-state index contributed by atoms with van der Waals surface area (Å²) >= 11 is 0. The van der Waals surface area contributed by atoms with Gasteiger partial charge in [0, 0.05) is 25.8 Å². The monoisotopic (exact) mass is 450 g/mol. The molecule has 1 aliphatic carbocycles. The SMILES string of the molecule is COc1cccc(OC)c1/C(O)=C1\C(=O)C(=O)N(C2CCCC2)C1c1ccc(N(C)C)cc1. The van der Waals surface area contributed by atoms with Gasteiger partial charge in [-0.1, -0.05) is 31.0 Å². The van der Waals surface area contributed by atoms with E-state index in [-0.39, 0.29) is 22.9 Å². The van der Waals surface area contributed by atoms with Crippen molar-refractivity contribution in [3.63, 3.8) is 0 Å². The highest BCUT2D eigenvalue weighted by Crippen LogP contribution is 2.46. The highest BCUT2D eigenvalue weighted by Gasteiger charge is 2.49. The molecule has 1 saturated carbocycles. The van der Waals surface area contributed by atoms with Gasteiger partial charge >= 0.3 is 0 Å². The largest absolute Gasteiger partial charge is 0.506 e. The zero-order valence-corrected chi connectivity index (χ0v) is 19.5. The molecule has 4 rings (SSSR count). The van der Waals surface area contributed by atoms with E-state index in [1.54, 1.807) is 23.1 Å². The van der Waals surface area contributed by atoms with E-state index in [2.05, 4.69) is 0 Å². The van der Waals surface area contributed by atoms with E-state index < -0.39 is 17.7 Å². The number of hydrogen-bond acceptors (Lipinski definition) is 6. The number of hydrogen-bond donors (Lipinski definition) is 1. The second-order valence-corrected chi connectivity index (χ2v) is 8.67. The van der Waals surface area contributed by atoms with Crippen molar-refractivity contribution in [2.75, 3.05) is 33.2 Å². The Morgan fingerprint density at radius 1 is 0.970 bits per heavy atom. The summed E-state index contributed by atoms with van der Waals surface area (Å²) in [6.07, 6.45) is 3.72. The predicted molar refractivity (Wildman–Crippen MR) is 127 cm³/mol. The Labute approximate surface area is 194 Å². The van der Waals surface area contributed by atoms with Crippen LogP contribution >= 0.6 is 0 Å². The van der Waals surface area contributed by atoms with Gasteiger partial charge in [0.1, 0.15) is 22.8 Å². The molecular formula is C26H30N2O5. The molecule has 0 spiro atoms. The number of ketones is 1. The average Bonchev–Trinajstić information content (AvgIpc) is 3.44. The number of benzene rings is 2. The van der Waals surface area contributed by atoms with Crippen molar-refractivity contribution in [1.29, 1.82) is 0 Å². The van der Waals surface area contributed by atoms with Crippen molar-refractivity contribution in [3.05, 3.63) is 59.2 Å². The van der Waals surface area contributed by atoms with Crippen LogP contribution in [0.15, 0.2) is 48.0 Å². The Bertz CT molecular complexity index is 1060. The third-order valence-corrected chi connectivity index (χ3v) is 6.59. The summed E-state index contributed by atoms with van der Waals surface area (Å²) in [5.41, 5.74) is 2.11. The molecule has 1 amide bonds. The third kappa shape index (κ3) is 3.92. The van der Waals surface area contributed by atoms with E-state index in [9.17, 15) is 14.7 Å². The Morgan fingerprint density at radius 3 is 2.06 bits per heavy atom. The van der Waals surface area contributed by atoms with Gasteiger partial charge in [0.25, 0.3) is 11.7 Å². The minimum absolute atomic E-state index is 0.0372. The first-order chi connectivity index (χ1) is 15.9. The van der Waals surface area contributed by atoms with Crippen LogP contribution in [0.1, 0.15) is 42.9 Å². The summed E-state index contributed by atoms with van der Waals surface area (Å²) < 4.78 is 10.9. The lowest BCUT2D eigenvalue weighted by Crippen LogP contribution is -2.37. The minimum atomic E-state index is -0.686. The van der Waals surface area contributed by atoms with Gasteiger partial charge in [0.05, 0.1) is 25.8 Å². The molecule has 1 N–H and O–H groups in total. The topological polar surface area (TPSA) is 79.3 Å². The number of likely N-dealkylation sites (tertiary alicyclic amines) is 1. The fraction of sp³-hybridized carbons (Fsp3) is 0.385. The number of methoxy groups -OCH3 is 2. The van der Waals surface area contributed by atoms with Gasteiger partial charge in [-0.15, -0.1) is 0 Å². The molecule has 174 valence electrons. The van der Waals surface area contributed by atoms with Crippen LogP contribution in [0.25, 0.3) is 5.76 Å². The first kappa shape index (κ1) is 22.7. The third-order valence-electron chi connectivity index (χ3n) is 6.59. The number of carbonyl (C=O) groups is 2. The van der Waals surface area contributed by atoms with Crippen LogP contribution in [-0.4, -0.2) is 56.1 Å². The highest BCUT2D eigenvalue weighted by atomic mass is 16.5. The highest BCUT2D eigenvalue weighted by molar-refractivity contribution is 6.46. The van der Waals surface area contributed by atoms with Gasteiger partial charge in [-0.2, -0.15) is 0 Å². The van der Waals surface area contributed by atoms with E-state index in [1.807, 2.05) is 43.3 Å². The minimum Gasteiger partial charge on any atom is -0.506 e. The molecule has 1 saturated heterocycles. The van der Waals surface area contributed by atoms with Crippen molar-refractivity contribution in [1.82, 2.24) is 4.90 Å². The standard InChI is InChI=1S/C26H30N2O5/c1-27(2)17-14-12-16(13-15-17)23-22(25(30)26(31)28(23)18-8-5-6-9-18)24(29)21-19(32-3)10-7-11-20(21)33-4/h7,10-15,18,23,29H,5-6,8-9H2,1-4H3/b24-22+. The van der Waals surface area contributed by atoms with Gasteiger partial charge in [0.15, 0.2) is 0 Å². The summed E-state index contributed by atoms with van der Waals surface area (Å²) in [6, 6.07) is 12.1. The van der Waals surface area contributed by atoms with Crippen LogP contribution in [0.5, 0.6) is 11.5 Å². The van der Waals surface area contributed by atoms with Crippen molar-refractivity contribution < 1.29 is 24.2 Å². The number of anilines is 1. The Morgan fingerprint density at radius 2 is 1.55 bits per heavy atom. The van der Waals surface area contributed by atoms with Crippen molar-refractivity contribution in [2.24, 2.45) is 0 Å². The fourth-order valence-corrected chi connectivity index (χ4v) is 4.91. The number of ether oxygens (including phenoxy) is 2. The maximum Gasteiger partial charge on any atom is 0.295 e. The van der Waals surface area contributed by atoms with Gasteiger partial charge in [0.2, 0.25) is 0 Å². The maximum atomic E-state index is 13.3. The predicted octanol–water partition coefficient (Wildman–Crippen LogP) is 4.13. The molecule has 2 fully saturated rings. The molecular weight excluding hydrogens is 420 g/mol. The maximum absolute atomic E-state index is 13.3. The molecule has 7 heteroatoms. The molecule has 1 unspecified atom stereocenters. The normalized spacial score (nSPS) is 20.4. The molecule has 1 aliphatic heterocycles. The Balaban J connectivity index is 1.93. The number of aliphatic hydroxyl groups is 1. The van der Waals surface area contributed by atoms with E-state index >= 15 is 0 Å². The molecule has 33 heavy (non-hydrogen) atoms. The summed E-state index contributed by atoms with van der Waals surface area (Å²) in [5, 5.41) is 11.5. The first-order valence-corrected chi connectivity index (χ1v) is 11.2. The van der Waals surface area contributed by atoms with Crippen molar-refractivity contribution in [3.8, 4) is 11.5 Å². The van der Waals surface area contributed by atoms with Gasteiger partial charge < -0.3 is 24.4 Å². The van der Waals surface area contributed by atoms with Gasteiger partial charge in [-0.05, 0) is 42.7 Å². The lowest BCUT2D eigenvalue weighted by molar-refractivity contribution is -0.141.